The first-order valence-corrected chi connectivity index (χ1v) is 5.54. The first-order chi connectivity index (χ1) is 7.74. The Hall–Kier alpha value is -1.19. The molecule has 0 N–H and O–H groups in total. The van der Waals surface area contributed by atoms with Gasteiger partial charge in [0.15, 0.2) is 0 Å². The molecule has 1 aromatic heterocycles. The number of ether oxygens (including phenoxy) is 1. The molecule has 0 spiro atoms. The highest BCUT2D eigenvalue weighted by molar-refractivity contribution is 6.34. The van der Waals surface area contributed by atoms with Crippen molar-refractivity contribution in [1.82, 2.24) is 9.55 Å². The minimum absolute atomic E-state index is 0.549. The molecule has 2 aromatic rings. The van der Waals surface area contributed by atoms with Gasteiger partial charge in [-0.25, -0.2) is 4.98 Å². The third-order valence-electron chi connectivity index (χ3n) is 2.01. The molecule has 1 aromatic carbocycles. The molecule has 0 atom stereocenters. The smallest absolute Gasteiger partial charge is 0.122 e. The van der Waals surface area contributed by atoms with E-state index < -0.39 is 0 Å². The summed E-state index contributed by atoms with van der Waals surface area (Å²) in [6.45, 7) is 1.29. The van der Waals surface area contributed by atoms with Gasteiger partial charge in [0.05, 0.1) is 12.9 Å². The summed E-state index contributed by atoms with van der Waals surface area (Å²) in [6.07, 6.45) is 5.36. The summed E-state index contributed by atoms with van der Waals surface area (Å²) in [7, 11) is 0. The first-order valence-electron chi connectivity index (χ1n) is 4.79. The van der Waals surface area contributed by atoms with E-state index in [1.165, 1.54) is 0 Å². The highest BCUT2D eigenvalue weighted by Gasteiger charge is 1.99. The van der Waals surface area contributed by atoms with E-state index in [2.05, 4.69) is 4.98 Å². The average Bonchev–Trinajstić information content (AvgIpc) is 2.69. The van der Waals surface area contributed by atoms with Gasteiger partial charge in [-0.1, -0.05) is 23.2 Å². The minimum atomic E-state index is 0.549. The van der Waals surface area contributed by atoms with Crippen molar-refractivity contribution in [2.24, 2.45) is 0 Å². The molecule has 0 radical (unpaired) electrons. The zero-order chi connectivity index (χ0) is 11.4. The first kappa shape index (κ1) is 11.3. The van der Waals surface area contributed by atoms with Crippen LogP contribution in [0.15, 0.2) is 36.9 Å². The molecule has 3 nitrogen and oxygen atoms in total. The van der Waals surface area contributed by atoms with Gasteiger partial charge in [0.2, 0.25) is 0 Å². The Labute approximate surface area is 104 Å². The van der Waals surface area contributed by atoms with E-state index >= 15 is 0 Å². The van der Waals surface area contributed by atoms with Gasteiger partial charge < -0.3 is 9.30 Å². The van der Waals surface area contributed by atoms with E-state index in [9.17, 15) is 0 Å². The van der Waals surface area contributed by atoms with Crippen molar-refractivity contribution < 1.29 is 4.74 Å². The van der Waals surface area contributed by atoms with E-state index in [-0.39, 0.29) is 0 Å². The van der Waals surface area contributed by atoms with Gasteiger partial charge in [0.25, 0.3) is 0 Å². The number of aromatic nitrogens is 2. The molecule has 84 valence electrons. The topological polar surface area (TPSA) is 27.1 Å². The van der Waals surface area contributed by atoms with Crippen molar-refractivity contribution in [1.29, 1.82) is 0 Å². The van der Waals surface area contributed by atoms with Crippen molar-refractivity contribution in [2.75, 3.05) is 6.61 Å². The third kappa shape index (κ3) is 3.15. The molecule has 0 bridgehead atoms. The highest BCUT2D eigenvalue weighted by atomic mass is 35.5. The second-order valence-electron chi connectivity index (χ2n) is 3.25. The van der Waals surface area contributed by atoms with Crippen molar-refractivity contribution in [3.8, 4) is 5.75 Å². The lowest BCUT2D eigenvalue weighted by molar-refractivity contribution is 0.298. The van der Waals surface area contributed by atoms with Gasteiger partial charge in [-0.2, -0.15) is 0 Å². The van der Waals surface area contributed by atoms with Crippen LogP contribution in [0, 0.1) is 0 Å². The fraction of sp³-hybridized carbons (Fsp3) is 0.182. The van der Waals surface area contributed by atoms with E-state index in [1.54, 1.807) is 30.7 Å². The largest absolute Gasteiger partial charge is 0.492 e. The second-order valence-corrected chi connectivity index (χ2v) is 4.13. The molecule has 0 saturated carbocycles. The Kier molecular flexibility index (Phi) is 3.70. The van der Waals surface area contributed by atoms with Crippen molar-refractivity contribution in [2.45, 2.75) is 6.54 Å². The Balaban J connectivity index is 1.89. The Morgan fingerprint density at radius 1 is 1.19 bits per heavy atom. The lowest BCUT2D eigenvalue weighted by Gasteiger charge is -2.07. The molecule has 0 aliphatic heterocycles. The standard InChI is InChI=1S/C11H10Cl2N2O/c12-9-5-10(13)7-11(6-9)16-4-3-15-2-1-14-8-15/h1-2,5-8H,3-4H2. The van der Waals surface area contributed by atoms with Crippen molar-refractivity contribution in [3.63, 3.8) is 0 Å². The lowest BCUT2D eigenvalue weighted by atomic mass is 10.3. The third-order valence-corrected chi connectivity index (χ3v) is 2.45. The van der Waals surface area contributed by atoms with Crippen LogP contribution in [0.25, 0.3) is 0 Å². The number of hydrogen-bond acceptors (Lipinski definition) is 2. The molecule has 2 rings (SSSR count). The molecule has 0 unspecified atom stereocenters. The van der Waals surface area contributed by atoms with Crippen LogP contribution in [0.3, 0.4) is 0 Å². The maximum Gasteiger partial charge on any atom is 0.122 e. The minimum Gasteiger partial charge on any atom is -0.492 e. The predicted octanol–water partition coefficient (Wildman–Crippen LogP) is 3.27. The van der Waals surface area contributed by atoms with Gasteiger partial charge >= 0.3 is 0 Å². The predicted molar refractivity (Wildman–Crippen MR) is 64.2 cm³/mol. The molecule has 0 aliphatic carbocycles. The molecule has 0 saturated heterocycles. The quantitative estimate of drug-likeness (QED) is 0.840. The zero-order valence-electron chi connectivity index (χ0n) is 8.44. The van der Waals surface area contributed by atoms with Gasteiger partial charge in [0.1, 0.15) is 12.4 Å². The molecule has 0 fully saturated rings. The molecule has 0 aliphatic rings. The van der Waals surface area contributed by atoms with Gasteiger partial charge in [-0.3, -0.25) is 0 Å². The summed E-state index contributed by atoms with van der Waals surface area (Å²) < 4.78 is 7.46. The van der Waals surface area contributed by atoms with Crippen LogP contribution >= 0.6 is 23.2 Å². The molecule has 1 heterocycles. The summed E-state index contributed by atoms with van der Waals surface area (Å²) in [5.41, 5.74) is 0. The van der Waals surface area contributed by atoms with E-state index in [0.717, 1.165) is 6.54 Å². The molecular weight excluding hydrogens is 247 g/mol. The average molecular weight is 257 g/mol. The van der Waals surface area contributed by atoms with E-state index in [4.69, 9.17) is 27.9 Å². The number of benzene rings is 1. The van der Waals surface area contributed by atoms with Gasteiger partial charge in [-0.05, 0) is 18.2 Å². The van der Waals surface area contributed by atoms with Crippen LogP contribution < -0.4 is 4.74 Å². The number of imidazole rings is 1. The van der Waals surface area contributed by atoms with Crippen LogP contribution in [0.1, 0.15) is 0 Å². The van der Waals surface area contributed by atoms with Crippen LogP contribution in [0.2, 0.25) is 10.0 Å². The summed E-state index contributed by atoms with van der Waals surface area (Å²) >= 11 is 11.7. The Morgan fingerprint density at radius 3 is 2.56 bits per heavy atom. The van der Waals surface area contributed by atoms with Crippen LogP contribution in [-0.4, -0.2) is 16.2 Å². The molecular formula is C11H10Cl2N2O. The summed E-state index contributed by atoms with van der Waals surface area (Å²) in [4.78, 5) is 3.94. The maximum absolute atomic E-state index is 5.85. The molecule has 0 amide bonds. The molecule has 5 heteroatoms. The summed E-state index contributed by atoms with van der Waals surface area (Å²) in [6, 6.07) is 5.15. The lowest BCUT2D eigenvalue weighted by Crippen LogP contribution is -2.06. The van der Waals surface area contributed by atoms with Crippen molar-refractivity contribution in [3.05, 3.63) is 47.0 Å². The van der Waals surface area contributed by atoms with Crippen LogP contribution in [0.4, 0.5) is 0 Å². The van der Waals surface area contributed by atoms with Crippen LogP contribution in [-0.2, 0) is 6.54 Å². The zero-order valence-corrected chi connectivity index (χ0v) is 9.95. The Morgan fingerprint density at radius 2 is 1.94 bits per heavy atom. The monoisotopic (exact) mass is 256 g/mol. The normalized spacial score (nSPS) is 10.4. The van der Waals surface area contributed by atoms with E-state index in [0.29, 0.717) is 22.4 Å². The highest BCUT2D eigenvalue weighted by Crippen LogP contribution is 2.24. The SMILES string of the molecule is Clc1cc(Cl)cc(OCCn2ccnc2)c1. The van der Waals surface area contributed by atoms with Gasteiger partial charge in [-0.15, -0.1) is 0 Å². The fourth-order valence-corrected chi connectivity index (χ4v) is 1.81. The number of halogens is 2. The number of nitrogens with zero attached hydrogens (tertiary/aromatic N) is 2. The molecule has 16 heavy (non-hydrogen) atoms. The summed E-state index contributed by atoms with van der Waals surface area (Å²) in [5, 5.41) is 1.15. The van der Waals surface area contributed by atoms with Gasteiger partial charge in [0, 0.05) is 22.4 Å². The summed E-state index contributed by atoms with van der Waals surface area (Å²) in [5.74, 6) is 0.678. The number of hydrogen-bond donors (Lipinski definition) is 0. The van der Waals surface area contributed by atoms with E-state index in [1.807, 2.05) is 10.8 Å². The fourth-order valence-electron chi connectivity index (χ4n) is 1.30. The number of rotatable bonds is 4. The second kappa shape index (κ2) is 5.23. The maximum atomic E-state index is 5.85. The van der Waals surface area contributed by atoms with Crippen molar-refractivity contribution >= 4 is 23.2 Å². The Bertz CT molecular complexity index is 437. The van der Waals surface area contributed by atoms with Crippen LogP contribution in [0.5, 0.6) is 5.75 Å².